The van der Waals surface area contributed by atoms with Gasteiger partial charge in [0.1, 0.15) is 18.9 Å². The van der Waals surface area contributed by atoms with Gasteiger partial charge in [0.15, 0.2) is 10.3 Å². The van der Waals surface area contributed by atoms with Crippen LogP contribution in [0.5, 0.6) is 0 Å². The molecule has 0 bridgehead atoms. The van der Waals surface area contributed by atoms with Crippen molar-refractivity contribution in [2.24, 2.45) is 14.1 Å². The number of nitrogens with zero attached hydrogens (tertiary/aromatic N) is 6. The Hall–Kier alpha value is -1.84. The van der Waals surface area contributed by atoms with Gasteiger partial charge < -0.3 is 9.13 Å². The van der Waals surface area contributed by atoms with Crippen LogP contribution in [-0.2, 0) is 14.1 Å². The molecule has 0 aliphatic carbocycles. The molecule has 0 unspecified atom stereocenters. The summed E-state index contributed by atoms with van der Waals surface area (Å²) < 4.78 is 3.59. The highest BCUT2D eigenvalue weighted by molar-refractivity contribution is 8.02. The number of carbonyl (C=O) groups excluding carboxylic acids is 1. The van der Waals surface area contributed by atoms with Gasteiger partial charge in [-0.25, -0.2) is 0 Å². The van der Waals surface area contributed by atoms with Crippen molar-refractivity contribution in [1.29, 1.82) is 0 Å². The molecule has 118 valence electrons. The average Bonchev–Trinajstić information content (AvgIpc) is 3.11. The Bertz CT molecular complexity index is 862. The van der Waals surface area contributed by atoms with E-state index in [0.717, 1.165) is 16.1 Å². The molecular weight excluding hydrogens is 356 g/mol. The number of hydrogen-bond acceptors (Lipinski definition) is 7. The number of halogens is 1. The smallest absolute Gasteiger partial charge is 0.195 e. The van der Waals surface area contributed by atoms with E-state index in [1.165, 1.54) is 23.5 Å². The van der Waals surface area contributed by atoms with E-state index in [1.54, 1.807) is 33.9 Å². The second kappa shape index (κ2) is 6.73. The zero-order valence-corrected chi connectivity index (χ0v) is 14.6. The molecule has 2 aromatic heterocycles. The van der Waals surface area contributed by atoms with Crippen LogP contribution < -0.4 is 0 Å². The molecule has 0 saturated heterocycles. The van der Waals surface area contributed by atoms with Gasteiger partial charge in [0.2, 0.25) is 0 Å². The molecule has 23 heavy (non-hydrogen) atoms. The van der Waals surface area contributed by atoms with Gasteiger partial charge in [0.25, 0.3) is 0 Å². The monoisotopic (exact) mass is 366 g/mol. The van der Waals surface area contributed by atoms with Crippen molar-refractivity contribution in [2.45, 2.75) is 20.1 Å². The Morgan fingerprint density at radius 2 is 1.65 bits per heavy atom. The van der Waals surface area contributed by atoms with Crippen molar-refractivity contribution in [3.8, 4) is 0 Å². The van der Waals surface area contributed by atoms with Crippen LogP contribution in [0.2, 0.25) is 5.02 Å². The molecule has 0 spiro atoms. The van der Waals surface area contributed by atoms with Gasteiger partial charge >= 0.3 is 0 Å². The van der Waals surface area contributed by atoms with Crippen molar-refractivity contribution in [3.63, 3.8) is 0 Å². The lowest BCUT2D eigenvalue weighted by Crippen LogP contribution is -1.94. The van der Waals surface area contributed by atoms with Crippen LogP contribution in [-0.4, -0.2) is 35.8 Å². The van der Waals surface area contributed by atoms with Gasteiger partial charge in [0, 0.05) is 29.4 Å². The van der Waals surface area contributed by atoms with E-state index in [-0.39, 0.29) is 0 Å². The summed E-state index contributed by atoms with van der Waals surface area (Å²) in [5.74, 6) is 0. The molecule has 10 heteroatoms. The third-order valence-electron chi connectivity index (χ3n) is 2.90. The SMILES string of the molecule is Cn1cnnc1Sc1cc(C=O)cc(Cl)c1Sc1nncn1C. The average molecular weight is 367 g/mol. The quantitative estimate of drug-likeness (QED) is 0.642. The van der Waals surface area contributed by atoms with Gasteiger partial charge in [-0.05, 0) is 35.7 Å². The second-order valence-corrected chi connectivity index (χ2v) is 6.99. The number of aryl methyl sites for hydroxylation is 2. The van der Waals surface area contributed by atoms with Crippen LogP contribution in [0.15, 0.2) is 44.9 Å². The molecule has 0 fully saturated rings. The lowest BCUT2D eigenvalue weighted by molar-refractivity contribution is 0.112. The van der Waals surface area contributed by atoms with Crippen LogP contribution in [0.25, 0.3) is 0 Å². The minimum Gasteiger partial charge on any atom is -0.311 e. The first kappa shape index (κ1) is 16.0. The summed E-state index contributed by atoms with van der Waals surface area (Å²) in [5, 5.41) is 17.7. The van der Waals surface area contributed by atoms with Crippen molar-refractivity contribution in [1.82, 2.24) is 29.5 Å². The lowest BCUT2D eigenvalue weighted by atomic mass is 10.2. The molecule has 7 nitrogen and oxygen atoms in total. The zero-order valence-electron chi connectivity index (χ0n) is 12.2. The number of hydrogen-bond donors (Lipinski definition) is 0. The van der Waals surface area contributed by atoms with E-state index in [9.17, 15) is 4.79 Å². The molecule has 0 aliphatic heterocycles. The first-order valence-electron chi connectivity index (χ1n) is 6.41. The summed E-state index contributed by atoms with van der Waals surface area (Å²) in [5.41, 5.74) is 0.502. The molecule has 0 aliphatic rings. The number of aromatic nitrogens is 6. The van der Waals surface area contributed by atoms with Crippen LogP contribution in [0.3, 0.4) is 0 Å². The molecule has 0 radical (unpaired) electrons. The predicted molar refractivity (Wildman–Crippen MR) is 87.1 cm³/mol. The molecule has 1 aromatic carbocycles. The highest BCUT2D eigenvalue weighted by Gasteiger charge is 2.17. The fraction of sp³-hybridized carbons (Fsp3) is 0.154. The first-order valence-corrected chi connectivity index (χ1v) is 8.42. The molecule has 0 N–H and O–H groups in total. The van der Waals surface area contributed by atoms with Crippen LogP contribution >= 0.6 is 35.1 Å². The van der Waals surface area contributed by atoms with E-state index in [1.807, 2.05) is 14.1 Å². The van der Waals surface area contributed by atoms with Gasteiger partial charge in [-0.3, -0.25) is 4.79 Å². The van der Waals surface area contributed by atoms with E-state index >= 15 is 0 Å². The summed E-state index contributed by atoms with van der Waals surface area (Å²) in [7, 11) is 3.70. The molecule has 3 aromatic rings. The normalized spacial score (nSPS) is 10.9. The van der Waals surface area contributed by atoms with Gasteiger partial charge in [-0.1, -0.05) is 11.6 Å². The molecular formula is C13H11ClN6OS2. The third kappa shape index (κ3) is 3.41. The Morgan fingerprint density at radius 1 is 1.04 bits per heavy atom. The summed E-state index contributed by atoms with van der Waals surface area (Å²) in [6.07, 6.45) is 4.00. The number of carbonyl (C=O) groups is 1. The van der Waals surface area contributed by atoms with E-state index in [0.29, 0.717) is 20.9 Å². The van der Waals surface area contributed by atoms with Crippen LogP contribution in [0.4, 0.5) is 0 Å². The number of rotatable bonds is 5. The maximum Gasteiger partial charge on any atom is 0.195 e. The number of aldehydes is 1. The van der Waals surface area contributed by atoms with E-state index < -0.39 is 0 Å². The molecule has 3 rings (SSSR count). The second-order valence-electron chi connectivity index (χ2n) is 4.60. The van der Waals surface area contributed by atoms with Crippen molar-refractivity contribution >= 4 is 41.4 Å². The van der Waals surface area contributed by atoms with E-state index in [2.05, 4.69) is 20.4 Å². The Morgan fingerprint density at radius 3 is 2.17 bits per heavy atom. The minimum atomic E-state index is 0.479. The first-order chi connectivity index (χ1) is 11.1. The maximum atomic E-state index is 11.1. The van der Waals surface area contributed by atoms with Gasteiger partial charge in [-0.15, -0.1) is 20.4 Å². The summed E-state index contributed by atoms with van der Waals surface area (Å²) >= 11 is 9.14. The highest BCUT2D eigenvalue weighted by atomic mass is 35.5. The lowest BCUT2D eigenvalue weighted by Gasteiger charge is -2.11. The molecule has 2 heterocycles. The Labute approximate surface area is 145 Å². The molecule has 0 saturated carbocycles. The zero-order chi connectivity index (χ0) is 16.4. The van der Waals surface area contributed by atoms with E-state index in [4.69, 9.17) is 11.6 Å². The van der Waals surface area contributed by atoms with Gasteiger partial charge in [-0.2, -0.15) is 0 Å². The van der Waals surface area contributed by atoms with Crippen LogP contribution in [0.1, 0.15) is 10.4 Å². The summed E-state index contributed by atoms with van der Waals surface area (Å²) in [6, 6.07) is 3.41. The topological polar surface area (TPSA) is 78.5 Å². The third-order valence-corrected chi connectivity index (χ3v) is 5.73. The van der Waals surface area contributed by atoms with Crippen LogP contribution in [0, 0.1) is 0 Å². The minimum absolute atomic E-state index is 0.479. The summed E-state index contributed by atoms with van der Waals surface area (Å²) in [6.45, 7) is 0. The predicted octanol–water partition coefficient (Wildman–Crippen LogP) is 2.71. The highest BCUT2D eigenvalue weighted by Crippen LogP contribution is 2.42. The standard InChI is InChI=1S/C13H11ClN6OS2/c1-19-6-15-17-12(19)22-10-4-8(5-21)3-9(14)11(10)23-13-18-16-7-20(13)2/h3-7H,1-2H3. The maximum absolute atomic E-state index is 11.1. The fourth-order valence-electron chi connectivity index (χ4n) is 1.75. The van der Waals surface area contributed by atoms with Gasteiger partial charge in [0.05, 0.1) is 5.02 Å². The Balaban J connectivity index is 2.04. The van der Waals surface area contributed by atoms with Crippen molar-refractivity contribution < 1.29 is 4.79 Å². The molecule has 0 amide bonds. The van der Waals surface area contributed by atoms with Crippen molar-refractivity contribution in [3.05, 3.63) is 35.4 Å². The number of benzene rings is 1. The summed E-state index contributed by atoms with van der Waals surface area (Å²) in [4.78, 5) is 12.7. The Kier molecular flexibility index (Phi) is 4.69. The van der Waals surface area contributed by atoms with Crippen molar-refractivity contribution in [2.75, 3.05) is 0 Å². The molecule has 0 atom stereocenters. The largest absolute Gasteiger partial charge is 0.311 e. The fourth-order valence-corrected chi connectivity index (χ4v) is 4.05.